The van der Waals surface area contributed by atoms with Crippen LogP contribution in [0.1, 0.15) is 18.1 Å². The average Bonchev–Trinajstić information content (AvgIpc) is 2.37. The molecule has 0 bridgehead atoms. The van der Waals surface area contributed by atoms with E-state index in [4.69, 9.17) is 10.4 Å². The van der Waals surface area contributed by atoms with Gasteiger partial charge in [-0.3, -0.25) is 0 Å². The van der Waals surface area contributed by atoms with Crippen molar-refractivity contribution in [3.05, 3.63) is 41.5 Å². The second kappa shape index (κ2) is 7.34. The maximum atomic E-state index is 10.4. The fourth-order valence-electron chi connectivity index (χ4n) is 1.79. The van der Waals surface area contributed by atoms with Gasteiger partial charge < -0.3 is 10.0 Å². The predicted molar refractivity (Wildman–Crippen MR) is 74.2 cm³/mol. The van der Waals surface area contributed by atoms with Crippen molar-refractivity contribution in [1.29, 1.82) is 5.26 Å². The highest BCUT2D eigenvalue weighted by Gasteiger charge is 2.05. The van der Waals surface area contributed by atoms with Crippen LogP contribution in [0.25, 0.3) is 6.08 Å². The zero-order chi connectivity index (χ0) is 14.3. The molecule has 0 fully saturated rings. The fourth-order valence-corrected chi connectivity index (χ4v) is 1.79. The van der Waals surface area contributed by atoms with E-state index in [0.29, 0.717) is 0 Å². The molecule has 1 atom stereocenters. The summed E-state index contributed by atoms with van der Waals surface area (Å²) in [5.74, 6) is -0.933. The van der Waals surface area contributed by atoms with Crippen molar-refractivity contribution in [3.63, 3.8) is 0 Å². The zero-order valence-electron chi connectivity index (χ0n) is 11.2. The molecule has 1 N–H and O–H groups in total. The lowest BCUT2D eigenvalue weighted by Gasteiger charge is -2.17. The van der Waals surface area contributed by atoms with Crippen LogP contribution in [0.5, 0.6) is 0 Å². The average molecular weight is 258 g/mol. The Morgan fingerprint density at radius 3 is 2.63 bits per heavy atom. The molecule has 0 aliphatic carbocycles. The molecule has 0 radical (unpaired) electrons. The molecule has 0 aliphatic rings. The number of carbonyl (C=O) groups is 1. The lowest BCUT2D eigenvalue weighted by Crippen LogP contribution is -2.23. The van der Waals surface area contributed by atoms with E-state index < -0.39 is 5.97 Å². The summed E-state index contributed by atoms with van der Waals surface area (Å²) >= 11 is 0. The van der Waals surface area contributed by atoms with Crippen LogP contribution in [0.3, 0.4) is 0 Å². The lowest BCUT2D eigenvalue weighted by molar-refractivity contribution is -0.131. The predicted octanol–water partition coefficient (Wildman–Crippen LogP) is 2.38. The maximum absolute atomic E-state index is 10.4. The number of rotatable bonds is 6. The summed E-state index contributed by atoms with van der Waals surface area (Å²) in [6.07, 6.45) is 2.68. The largest absolute Gasteiger partial charge is 0.478 e. The molecule has 1 rings (SSSR count). The highest BCUT2D eigenvalue weighted by molar-refractivity contribution is 5.85. The Balaban J connectivity index is 2.57. The number of nitriles is 1. The number of carboxylic acid groups (broad SMARTS) is 1. The van der Waals surface area contributed by atoms with Crippen molar-refractivity contribution < 1.29 is 9.90 Å². The summed E-state index contributed by atoms with van der Waals surface area (Å²) in [6, 6.07) is 9.92. The molecule has 0 aromatic heterocycles. The molecular weight excluding hydrogens is 240 g/mol. The van der Waals surface area contributed by atoms with Crippen LogP contribution in [0.2, 0.25) is 0 Å². The van der Waals surface area contributed by atoms with E-state index in [-0.39, 0.29) is 5.92 Å². The van der Waals surface area contributed by atoms with E-state index in [9.17, 15) is 4.79 Å². The van der Waals surface area contributed by atoms with Crippen LogP contribution >= 0.6 is 0 Å². The third-order valence-corrected chi connectivity index (χ3v) is 2.66. The minimum Gasteiger partial charge on any atom is -0.478 e. The summed E-state index contributed by atoms with van der Waals surface area (Å²) < 4.78 is 0. The van der Waals surface area contributed by atoms with Gasteiger partial charge in [0.15, 0.2) is 0 Å². The monoisotopic (exact) mass is 258 g/mol. The van der Waals surface area contributed by atoms with Crippen LogP contribution in [0, 0.1) is 17.2 Å². The molecule has 4 nitrogen and oxygen atoms in total. The van der Waals surface area contributed by atoms with E-state index in [1.807, 2.05) is 38.2 Å². The standard InChI is InChI=1S/C15H18N2O2/c1-12(9-16)10-17(2)11-14-5-3-13(4-6-14)7-8-15(18)19/h3-8,12H,10-11H2,1-2H3,(H,18,19). The summed E-state index contributed by atoms with van der Waals surface area (Å²) in [7, 11) is 1.98. The van der Waals surface area contributed by atoms with Gasteiger partial charge in [0, 0.05) is 19.2 Å². The van der Waals surface area contributed by atoms with E-state index in [0.717, 1.165) is 30.3 Å². The topological polar surface area (TPSA) is 64.3 Å². The van der Waals surface area contributed by atoms with Gasteiger partial charge >= 0.3 is 5.97 Å². The Kier molecular flexibility index (Phi) is 5.77. The molecule has 0 spiro atoms. The molecule has 0 saturated carbocycles. The normalized spacial score (nSPS) is 12.5. The number of aliphatic carboxylic acids is 1. The molecule has 0 heterocycles. The number of nitrogens with zero attached hydrogens (tertiary/aromatic N) is 2. The molecule has 0 amide bonds. The quantitative estimate of drug-likeness (QED) is 0.796. The summed E-state index contributed by atoms with van der Waals surface area (Å²) in [4.78, 5) is 12.5. The Morgan fingerprint density at radius 1 is 1.47 bits per heavy atom. The summed E-state index contributed by atoms with van der Waals surface area (Å²) in [5.41, 5.74) is 2.00. The summed E-state index contributed by atoms with van der Waals surface area (Å²) in [6.45, 7) is 3.41. The van der Waals surface area contributed by atoms with Gasteiger partial charge in [-0.1, -0.05) is 24.3 Å². The van der Waals surface area contributed by atoms with Crippen molar-refractivity contribution in [2.45, 2.75) is 13.5 Å². The van der Waals surface area contributed by atoms with Crippen molar-refractivity contribution in [2.75, 3.05) is 13.6 Å². The van der Waals surface area contributed by atoms with Crippen LogP contribution in [-0.2, 0) is 11.3 Å². The second-order valence-electron chi connectivity index (χ2n) is 4.64. The summed E-state index contributed by atoms with van der Waals surface area (Å²) in [5, 5.41) is 17.3. The first-order chi connectivity index (χ1) is 9.01. The smallest absolute Gasteiger partial charge is 0.328 e. The SMILES string of the molecule is CC(C#N)CN(C)Cc1ccc(C=CC(=O)O)cc1. The molecular formula is C15H18N2O2. The van der Waals surface area contributed by atoms with Crippen molar-refractivity contribution >= 4 is 12.0 Å². The number of hydrogen-bond donors (Lipinski definition) is 1. The first-order valence-electron chi connectivity index (χ1n) is 6.09. The lowest BCUT2D eigenvalue weighted by atomic mass is 10.1. The Morgan fingerprint density at radius 2 is 2.11 bits per heavy atom. The van der Waals surface area contributed by atoms with E-state index in [1.54, 1.807) is 6.08 Å². The van der Waals surface area contributed by atoms with Crippen LogP contribution < -0.4 is 0 Å². The maximum Gasteiger partial charge on any atom is 0.328 e. The molecule has 1 aromatic carbocycles. The Bertz CT molecular complexity index is 486. The first-order valence-corrected chi connectivity index (χ1v) is 6.09. The zero-order valence-corrected chi connectivity index (χ0v) is 11.2. The highest BCUT2D eigenvalue weighted by Crippen LogP contribution is 2.09. The van der Waals surface area contributed by atoms with Gasteiger partial charge in [-0.15, -0.1) is 0 Å². The highest BCUT2D eigenvalue weighted by atomic mass is 16.4. The van der Waals surface area contributed by atoms with Gasteiger partial charge in [0.05, 0.1) is 12.0 Å². The molecule has 1 unspecified atom stereocenters. The number of benzene rings is 1. The van der Waals surface area contributed by atoms with Gasteiger partial charge in [0.1, 0.15) is 0 Å². The molecule has 19 heavy (non-hydrogen) atoms. The minimum absolute atomic E-state index is 0.0165. The van der Waals surface area contributed by atoms with Gasteiger partial charge in [0.2, 0.25) is 0 Å². The first kappa shape index (κ1) is 14.9. The molecule has 1 aromatic rings. The van der Waals surface area contributed by atoms with Crippen molar-refractivity contribution in [3.8, 4) is 6.07 Å². The van der Waals surface area contributed by atoms with Gasteiger partial charge in [-0.05, 0) is 31.2 Å². The Hall–Kier alpha value is -2.12. The number of carboxylic acids is 1. The van der Waals surface area contributed by atoms with Crippen LogP contribution in [0.15, 0.2) is 30.3 Å². The minimum atomic E-state index is -0.950. The van der Waals surface area contributed by atoms with Gasteiger partial charge in [-0.2, -0.15) is 5.26 Å². The van der Waals surface area contributed by atoms with Crippen molar-refractivity contribution in [2.24, 2.45) is 5.92 Å². The molecule has 4 heteroatoms. The third-order valence-electron chi connectivity index (χ3n) is 2.66. The van der Waals surface area contributed by atoms with Crippen molar-refractivity contribution in [1.82, 2.24) is 4.90 Å². The van der Waals surface area contributed by atoms with Gasteiger partial charge in [0.25, 0.3) is 0 Å². The van der Waals surface area contributed by atoms with E-state index in [2.05, 4.69) is 11.0 Å². The molecule has 100 valence electrons. The van der Waals surface area contributed by atoms with E-state index >= 15 is 0 Å². The molecule has 0 aliphatic heterocycles. The van der Waals surface area contributed by atoms with E-state index in [1.165, 1.54) is 0 Å². The van der Waals surface area contributed by atoms with Gasteiger partial charge in [-0.25, -0.2) is 4.79 Å². The third kappa shape index (κ3) is 5.84. The number of hydrogen-bond acceptors (Lipinski definition) is 3. The fraction of sp³-hybridized carbons (Fsp3) is 0.333. The van der Waals surface area contributed by atoms with Crippen LogP contribution in [-0.4, -0.2) is 29.6 Å². The molecule has 0 saturated heterocycles. The van der Waals surface area contributed by atoms with Crippen LogP contribution in [0.4, 0.5) is 0 Å². The second-order valence-corrected chi connectivity index (χ2v) is 4.64. The Labute approximate surface area is 113 Å².